The van der Waals surface area contributed by atoms with Crippen LogP contribution in [0.25, 0.3) is 0 Å². The molecule has 0 aliphatic heterocycles. The molecule has 80 valence electrons. The van der Waals surface area contributed by atoms with E-state index in [4.69, 9.17) is 0 Å². The molecule has 1 aromatic carbocycles. The lowest BCUT2D eigenvalue weighted by Gasteiger charge is -2.08. The summed E-state index contributed by atoms with van der Waals surface area (Å²) in [5.41, 5.74) is 2.53. The molecule has 0 bridgehead atoms. The highest BCUT2D eigenvalue weighted by molar-refractivity contribution is 5.78. The van der Waals surface area contributed by atoms with E-state index < -0.39 is 0 Å². The van der Waals surface area contributed by atoms with Crippen molar-refractivity contribution in [2.45, 2.75) is 6.42 Å². The lowest BCUT2D eigenvalue weighted by atomic mass is 10.1. The zero-order valence-corrected chi connectivity index (χ0v) is 9.64. The van der Waals surface area contributed by atoms with Crippen molar-refractivity contribution in [1.82, 2.24) is 4.90 Å². The SMILES string of the molecule is CN=C/C(=C/N(C)C)Cc1ccccc1. The normalized spacial score (nSPS) is 12.1. The van der Waals surface area contributed by atoms with Gasteiger partial charge in [-0.25, -0.2) is 0 Å². The minimum Gasteiger partial charge on any atom is -0.383 e. The molecule has 0 radical (unpaired) electrons. The molecular weight excluding hydrogens is 184 g/mol. The Morgan fingerprint density at radius 3 is 2.47 bits per heavy atom. The largest absolute Gasteiger partial charge is 0.383 e. The van der Waals surface area contributed by atoms with E-state index in [9.17, 15) is 0 Å². The number of allylic oxidation sites excluding steroid dienone is 1. The van der Waals surface area contributed by atoms with Crippen LogP contribution < -0.4 is 0 Å². The molecule has 1 aromatic rings. The minimum atomic E-state index is 0.927. The van der Waals surface area contributed by atoms with Gasteiger partial charge in [0.2, 0.25) is 0 Å². The molecular formula is C13H18N2. The van der Waals surface area contributed by atoms with Crippen molar-refractivity contribution >= 4 is 6.21 Å². The second kappa shape index (κ2) is 6.02. The Balaban J connectivity index is 2.76. The van der Waals surface area contributed by atoms with Crippen LogP contribution in [-0.2, 0) is 6.42 Å². The van der Waals surface area contributed by atoms with Gasteiger partial charge in [-0.1, -0.05) is 30.3 Å². The van der Waals surface area contributed by atoms with Crippen molar-refractivity contribution in [2.24, 2.45) is 4.99 Å². The van der Waals surface area contributed by atoms with Gasteiger partial charge in [-0.15, -0.1) is 0 Å². The summed E-state index contributed by atoms with van der Waals surface area (Å²) in [4.78, 5) is 6.11. The van der Waals surface area contributed by atoms with Crippen LogP contribution in [0, 0.1) is 0 Å². The average Bonchev–Trinajstić information content (AvgIpc) is 2.18. The molecule has 0 amide bonds. The molecule has 0 atom stereocenters. The van der Waals surface area contributed by atoms with E-state index in [-0.39, 0.29) is 0 Å². The molecule has 0 aliphatic carbocycles. The van der Waals surface area contributed by atoms with Gasteiger partial charge in [0.1, 0.15) is 0 Å². The van der Waals surface area contributed by atoms with Gasteiger partial charge >= 0.3 is 0 Å². The molecule has 0 saturated heterocycles. The van der Waals surface area contributed by atoms with Crippen LogP contribution in [0.1, 0.15) is 5.56 Å². The highest BCUT2D eigenvalue weighted by Crippen LogP contribution is 2.06. The predicted octanol–water partition coefficient (Wildman–Crippen LogP) is 2.38. The Hall–Kier alpha value is -1.57. The highest BCUT2D eigenvalue weighted by atomic mass is 15.0. The number of hydrogen-bond donors (Lipinski definition) is 0. The van der Waals surface area contributed by atoms with E-state index in [0.29, 0.717) is 0 Å². The third-order valence-electron chi connectivity index (χ3n) is 1.97. The minimum absolute atomic E-state index is 0.927. The van der Waals surface area contributed by atoms with Crippen LogP contribution in [0.5, 0.6) is 0 Å². The lowest BCUT2D eigenvalue weighted by Crippen LogP contribution is -2.05. The van der Waals surface area contributed by atoms with Crippen molar-refractivity contribution in [1.29, 1.82) is 0 Å². The van der Waals surface area contributed by atoms with Gasteiger partial charge in [-0.05, 0) is 11.1 Å². The summed E-state index contributed by atoms with van der Waals surface area (Å²) in [6.45, 7) is 0. The number of aliphatic imine (C=N–C) groups is 1. The van der Waals surface area contributed by atoms with E-state index in [2.05, 4.69) is 35.5 Å². The summed E-state index contributed by atoms with van der Waals surface area (Å²) in [7, 11) is 5.84. The Labute approximate surface area is 92.0 Å². The molecule has 2 heteroatoms. The summed E-state index contributed by atoms with van der Waals surface area (Å²) < 4.78 is 0. The molecule has 0 fully saturated rings. The van der Waals surface area contributed by atoms with Crippen LogP contribution in [0.15, 0.2) is 47.1 Å². The van der Waals surface area contributed by atoms with E-state index in [1.807, 2.05) is 31.3 Å². The van der Waals surface area contributed by atoms with Gasteiger partial charge in [-0.2, -0.15) is 0 Å². The first-order chi connectivity index (χ1) is 7.22. The maximum Gasteiger partial charge on any atom is 0.0277 e. The fourth-order valence-electron chi connectivity index (χ4n) is 1.45. The fourth-order valence-corrected chi connectivity index (χ4v) is 1.45. The molecule has 0 aliphatic rings. The van der Waals surface area contributed by atoms with Gasteiger partial charge in [0.05, 0.1) is 0 Å². The lowest BCUT2D eigenvalue weighted by molar-refractivity contribution is 0.559. The zero-order chi connectivity index (χ0) is 11.1. The van der Waals surface area contributed by atoms with Crippen molar-refractivity contribution in [3.63, 3.8) is 0 Å². The Kier molecular flexibility index (Phi) is 4.61. The monoisotopic (exact) mass is 202 g/mol. The average molecular weight is 202 g/mol. The first-order valence-electron chi connectivity index (χ1n) is 5.05. The molecule has 2 nitrogen and oxygen atoms in total. The van der Waals surface area contributed by atoms with Gasteiger partial charge < -0.3 is 4.90 Å². The van der Waals surface area contributed by atoms with E-state index in [1.165, 1.54) is 11.1 Å². The first kappa shape index (κ1) is 11.5. The van der Waals surface area contributed by atoms with Crippen LogP contribution >= 0.6 is 0 Å². The smallest absolute Gasteiger partial charge is 0.0277 e. The van der Waals surface area contributed by atoms with E-state index in [1.54, 1.807) is 7.05 Å². The van der Waals surface area contributed by atoms with Gasteiger partial charge in [0.25, 0.3) is 0 Å². The Morgan fingerprint density at radius 2 is 1.93 bits per heavy atom. The molecule has 0 unspecified atom stereocenters. The number of benzene rings is 1. The topological polar surface area (TPSA) is 15.6 Å². The van der Waals surface area contributed by atoms with E-state index >= 15 is 0 Å². The molecule has 0 heterocycles. The number of nitrogens with zero attached hydrogens (tertiary/aromatic N) is 2. The summed E-state index contributed by atoms with van der Waals surface area (Å²) >= 11 is 0. The molecule has 0 saturated carbocycles. The predicted molar refractivity (Wildman–Crippen MR) is 66.3 cm³/mol. The Bertz CT molecular complexity index is 337. The summed E-state index contributed by atoms with van der Waals surface area (Å²) in [6, 6.07) is 10.4. The van der Waals surface area contributed by atoms with Crippen LogP contribution in [-0.4, -0.2) is 32.3 Å². The number of hydrogen-bond acceptors (Lipinski definition) is 2. The second-order valence-electron chi connectivity index (χ2n) is 3.72. The third kappa shape index (κ3) is 4.45. The van der Waals surface area contributed by atoms with Crippen LogP contribution in [0.2, 0.25) is 0 Å². The highest BCUT2D eigenvalue weighted by Gasteiger charge is 1.96. The van der Waals surface area contributed by atoms with Gasteiger partial charge in [0, 0.05) is 40.0 Å². The molecule has 0 spiro atoms. The fraction of sp³-hybridized carbons (Fsp3) is 0.308. The molecule has 1 rings (SSSR count). The van der Waals surface area contributed by atoms with Crippen molar-refractivity contribution in [2.75, 3.05) is 21.1 Å². The third-order valence-corrected chi connectivity index (χ3v) is 1.97. The van der Waals surface area contributed by atoms with Gasteiger partial charge in [0.15, 0.2) is 0 Å². The second-order valence-corrected chi connectivity index (χ2v) is 3.72. The maximum absolute atomic E-state index is 4.07. The van der Waals surface area contributed by atoms with Crippen molar-refractivity contribution in [3.8, 4) is 0 Å². The van der Waals surface area contributed by atoms with Gasteiger partial charge in [-0.3, -0.25) is 4.99 Å². The molecule has 0 aromatic heterocycles. The summed E-state index contributed by atoms with van der Waals surface area (Å²) in [5.74, 6) is 0. The maximum atomic E-state index is 4.07. The first-order valence-corrected chi connectivity index (χ1v) is 5.05. The zero-order valence-electron chi connectivity index (χ0n) is 9.64. The van der Waals surface area contributed by atoms with Crippen molar-refractivity contribution < 1.29 is 0 Å². The summed E-state index contributed by atoms with van der Waals surface area (Å²) in [5, 5.41) is 0. The Morgan fingerprint density at radius 1 is 1.27 bits per heavy atom. The van der Waals surface area contributed by atoms with E-state index in [0.717, 1.165) is 6.42 Å². The molecule has 15 heavy (non-hydrogen) atoms. The molecule has 0 N–H and O–H groups in total. The standard InChI is InChI=1S/C13H18N2/c1-14-10-13(11-15(2)3)9-12-7-5-4-6-8-12/h4-8,10-11H,9H2,1-3H3/b13-11+,14-10?. The quantitative estimate of drug-likeness (QED) is 0.684. The number of rotatable bonds is 4. The van der Waals surface area contributed by atoms with Crippen LogP contribution in [0.3, 0.4) is 0 Å². The van der Waals surface area contributed by atoms with Crippen LogP contribution in [0.4, 0.5) is 0 Å². The van der Waals surface area contributed by atoms with Crippen molar-refractivity contribution in [3.05, 3.63) is 47.7 Å². The summed E-state index contributed by atoms with van der Waals surface area (Å²) in [6.07, 6.45) is 4.93.